The summed E-state index contributed by atoms with van der Waals surface area (Å²) in [6.45, 7) is 5.70. The lowest BCUT2D eigenvalue weighted by Gasteiger charge is -2.70. The summed E-state index contributed by atoms with van der Waals surface area (Å²) >= 11 is 0. The lowest BCUT2D eigenvalue weighted by Crippen LogP contribution is -2.78. The van der Waals surface area contributed by atoms with Gasteiger partial charge in [0.05, 0.1) is 59.7 Å². The highest BCUT2D eigenvalue weighted by atomic mass is 19.4. The molecule has 12 nitrogen and oxygen atoms in total. The van der Waals surface area contributed by atoms with Gasteiger partial charge >= 0.3 is 12.1 Å². The van der Waals surface area contributed by atoms with Gasteiger partial charge in [0, 0.05) is 18.8 Å². The van der Waals surface area contributed by atoms with Crippen LogP contribution in [0.4, 0.5) is 13.2 Å². The van der Waals surface area contributed by atoms with E-state index in [9.17, 15) is 38.4 Å². The first-order valence-electron chi connectivity index (χ1n) is 17.8. The molecule has 4 heterocycles. The molecule has 0 amide bonds. The van der Waals surface area contributed by atoms with Crippen molar-refractivity contribution < 1.29 is 71.5 Å². The van der Waals surface area contributed by atoms with Crippen molar-refractivity contribution in [3.63, 3.8) is 0 Å². The smallest absolute Gasteiger partial charge is 0.442 e. The fourth-order valence-corrected chi connectivity index (χ4v) is 11.7. The van der Waals surface area contributed by atoms with Gasteiger partial charge in [-0.1, -0.05) is 0 Å². The molecule has 5 unspecified atom stereocenters. The fraction of sp³-hybridized carbons (Fsp3) is 0.971. The zero-order chi connectivity index (χ0) is 35.2. The molecule has 8 aliphatic rings. The van der Waals surface area contributed by atoms with Gasteiger partial charge in [0.15, 0.2) is 12.1 Å². The molecule has 49 heavy (non-hydrogen) atoms. The number of rotatable bonds is 3. The van der Waals surface area contributed by atoms with E-state index < -0.39 is 113 Å². The molecule has 4 saturated heterocycles. The van der Waals surface area contributed by atoms with Crippen LogP contribution in [-0.4, -0.2) is 117 Å². The number of fused-ring (bicyclic) bond motifs is 4. The third-order valence-electron chi connectivity index (χ3n) is 14.0. The standard InChI is InChI=1S/C34H49F3O12/c1-16-23(38)24-25(49-28(2,3)48-24)27(45-16)46-17-13-22-31(15-44-29(4,47-22)34(35,36)37)20-7-11-32(41)19(18-8-12-43-26(18)39)6-10-33(32,42)21(20)5-9-30(31,40)14-17/h16-25,27,38,40-42H,5-15H2,1-4H3/t16-,17?,18?,19+,20?,21?,22-,23-,24+,25+,27-,29?,30+,31+,32+,33+/m1/s1. The van der Waals surface area contributed by atoms with Crippen LogP contribution in [0.2, 0.25) is 0 Å². The number of ether oxygens (including phenoxy) is 7. The summed E-state index contributed by atoms with van der Waals surface area (Å²) in [6.07, 6.45) is -9.41. The minimum absolute atomic E-state index is 0.0276. The molecule has 4 N–H and O–H groups in total. The molecule has 0 aromatic heterocycles. The van der Waals surface area contributed by atoms with Crippen LogP contribution in [-0.2, 0) is 38.0 Å². The van der Waals surface area contributed by atoms with E-state index in [2.05, 4.69) is 0 Å². The van der Waals surface area contributed by atoms with E-state index in [-0.39, 0.29) is 51.1 Å². The summed E-state index contributed by atoms with van der Waals surface area (Å²) in [4.78, 5) is 12.6. The lowest BCUT2D eigenvalue weighted by atomic mass is 9.42. The number of carbonyl (C=O) groups excluding carboxylic acids is 1. The summed E-state index contributed by atoms with van der Waals surface area (Å²) in [5.41, 5.74) is -6.21. The van der Waals surface area contributed by atoms with Gasteiger partial charge in [0.1, 0.15) is 18.3 Å². The van der Waals surface area contributed by atoms with E-state index in [0.717, 1.165) is 6.92 Å². The fourth-order valence-electron chi connectivity index (χ4n) is 11.7. The number of halogens is 3. The van der Waals surface area contributed by atoms with Crippen molar-refractivity contribution in [1.82, 2.24) is 0 Å². The van der Waals surface area contributed by atoms with Crippen molar-refractivity contribution in [1.29, 1.82) is 0 Å². The van der Waals surface area contributed by atoms with Gasteiger partial charge in [-0.3, -0.25) is 4.79 Å². The van der Waals surface area contributed by atoms with Crippen molar-refractivity contribution in [2.45, 2.75) is 163 Å². The minimum atomic E-state index is -4.89. The van der Waals surface area contributed by atoms with Crippen LogP contribution in [0.1, 0.15) is 85.5 Å². The number of alkyl halides is 3. The van der Waals surface area contributed by atoms with Crippen molar-refractivity contribution in [2.75, 3.05) is 13.2 Å². The Morgan fingerprint density at radius 2 is 1.53 bits per heavy atom. The van der Waals surface area contributed by atoms with E-state index in [0.29, 0.717) is 19.3 Å². The summed E-state index contributed by atoms with van der Waals surface area (Å²) in [6, 6.07) is 0. The Hall–Kier alpha value is -1.14. The Morgan fingerprint density at radius 3 is 2.20 bits per heavy atom. The second-order valence-corrected chi connectivity index (χ2v) is 16.7. The number of esters is 1. The zero-order valence-corrected chi connectivity index (χ0v) is 28.3. The van der Waals surface area contributed by atoms with Gasteiger partial charge < -0.3 is 53.6 Å². The number of aliphatic hydroxyl groups is 4. The summed E-state index contributed by atoms with van der Waals surface area (Å²) in [5, 5.41) is 48.3. The third kappa shape index (κ3) is 4.75. The highest BCUT2D eigenvalue weighted by Gasteiger charge is 2.78. The van der Waals surface area contributed by atoms with E-state index >= 15 is 0 Å². The number of cyclic esters (lactones) is 1. The van der Waals surface area contributed by atoms with Crippen molar-refractivity contribution in [3.8, 4) is 0 Å². The summed E-state index contributed by atoms with van der Waals surface area (Å²) < 4.78 is 84.7. The number of hydrogen-bond donors (Lipinski definition) is 4. The molecular formula is C34H49F3O12. The second kappa shape index (κ2) is 11.0. The maximum absolute atomic E-state index is 14.5. The molecule has 16 atom stereocenters. The lowest BCUT2D eigenvalue weighted by molar-refractivity contribution is -0.459. The monoisotopic (exact) mass is 706 g/mol. The average molecular weight is 707 g/mol. The largest absolute Gasteiger partial charge is 0.465 e. The average Bonchev–Trinajstić information content (AvgIpc) is 3.66. The number of hydrogen-bond acceptors (Lipinski definition) is 12. The quantitative estimate of drug-likeness (QED) is 0.251. The molecule has 1 spiro atoms. The first kappa shape index (κ1) is 34.9. The van der Waals surface area contributed by atoms with E-state index in [1.54, 1.807) is 20.8 Å². The predicted octanol–water partition coefficient (Wildman–Crippen LogP) is 2.46. The molecule has 8 rings (SSSR count). The van der Waals surface area contributed by atoms with Crippen molar-refractivity contribution >= 4 is 5.97 Å². The molecule has 15 heteroatoms. The van der Waals surface area contributed by atoms with Crippen LogP contribution in [0.25, 0.3) is 0 Å². The normalized spacial score (nSPS) is 56.6. The molecule has 0 aromatic rings. The van der Waals surface area contributed by atoms with Gasteiger partial charge in [-0.25, -0.2) is 0 Å². The van der Waals surface area contributed by atoms with Crippen LogP contribution in [0.15, 0.2) is 0 Å². The van der Waals surface area contributed by atoms with Gasteiger partial charge in [-0.2, -0.15) is 13.2 Å². The zero-order valence-electron chi connectivity index (χ0n) is 28.3. The molecule has 4 saturated carbocycles. The van der Waals surface area contributed by atoms with E-state index in [1.807, 2.05) is 0 Å². The van der Waals surface area contributed by atoms with E-state index in [4.69, 9.17) is 33.2 Å². The molecule has 8 fully saturated rings. The molecule has 0 aromatic carbocycles. The van der Waals surface area contributed by atoms with Gasteiger partial charge in [0.25, 0.3) is 5.79 Å². The number of carbonyl (C=O) groups is 1. The molecule has 278 valence electrons. The first-order valence-corrected chi connectivity index (χ1v) is 17.8. The van der Waals surface area contributed by atoms with Crippen LogP contribution in [0.5, 0.6) is 0 Å². The number of aliphatic hydroxyl groups excluding tert-OH is 1. The first-order chi connectivity index (χ1) is 22.8. The Balaban J connectivity index is 1.12. The van der Waals surface area contributed by atoms with E-state index in [1.165, 1.54) is 0 Å². The van der Waals surface area contributed by atoms with Crippen LogP contribution in [0.3, 0.4) is 0 Å². The van der Waals surface area contributed by atoms with Crippen molar-refractivity contribution in [3.05, 3.63) is 0 Å². The van der Waals surface area contributed by atoms with Gasteiger partial charge in [-0.05, 0) is 84.5 Å². The Labute approximate surface area is 282 Å². The molecule has 4 aliphatic carbocycles. The van der Waals surface area contributed by atoms with Crippen LogP contribution >= 0.6 is 0 Å². The topological polar surface area (TPSA) is 163 Å². The van der Waals surface area contributed by atoms with Gasteiger partial charge in [-0.15, -0.1) is 0 Å². The molecule has 0 radical (unpaired) electrons. The molecule has 4 aliphatic heterocycles. The minimum Gasteiger partial charge on any atom is -0.465 e. The van der Waals surface area contributed by atoms with Crippen LogP contribution < -0.4 is 0 Å². The Morgan fingerprint density at radius 1 is 0.878 bits per heavy atom. The van der Waals surface area contributed by atoms with Crippen molar-refractivity contribution in [2.24, 2.45) is 29.1 Å². The van der Waals surface area contributed by atoms with Gasteiger partial charge in [0.2, 0.25) is 0 Å². The highest BCUT2D eigenvalue weighted by Crippen LogP contribution is 2.70. The third-order valence-corrected chi connectivity index (χ3v) is 14.0. The maximum Gasteiger partial charge on any atom is 0.442 e. The summed E-state index contributed by atoms with van der Waals surface area (Å²) in [5.74, 6) is -6.57. The Bertz CT molecular complexity index is 1350. The molecular weight excluding hydrogens is 657 g/mol. The highest BCUT2D eigenvalue weighted by molar-refractivity contribution is 5.74. The SMILES string of the molecule is C[C@H]1O[C@H](OC2C[C@H]3OC(C)(C(F)(F)F)OC[C@]34C3CC[C@]5(O)[C@H](C6CCOC6=O)CC[C@]5(O)C3CC[C@]4(O)C2)[C@H]2OC(C)(C)O[C@H]2[C@@H]1O. The predicted molar refractivity (Wildman–Crippen MR) is 158 cm³/mol. The second-order valence-electron chi connectivity index (χ2n) is 16.7. The summed E-state index contributed by atoms with van der Waals surface area (Å²) in [7, 11) is 0. The van der Waals surface area contributed by atoms with Crippen LogP contribution in [0, 0.1) is 29.1 Å². The Kier molecular flexibility index (Phi) is 7.81. The molecule has 0 bridgehead atoms. The maximum atomic E-state index is 14.5.